The van der Waals surface area contributed by atoms with E-state index in [0.29, 0.717) is 17.6 Å². The Hall–Kier alpha value is -1.31. The van der Waals surface area contributed by atoms with Gasteiger partial charge >= 0.3 is 0 Å². The zero-order chi connectivity index (χ0) is 15.5. The van der Waals surface area contributed by atoms with Crippen molar-refractivity contribution in [3.8, 4) is 5.75 Å². The Morgan fingerprint density at radius 1 is 1.32 bits per heavy atom. The number of ketones is 1. The van der Waals surface area contributed by atoms with Crippen LogP contribution >= 0.6 is 0 Å². The molecule has 3 aliphatic rings. The van der Waals surface area contributed by atoms with E-state index in [-0.39, 0.29) is 5.41 Å². The van der Waals surface area contributed by atoms with E-state index >= 15 is 0 Å². The number of methoxy groups -OCH3 is 1. The van der Waals surface area contributed by atoms with Crippen LogP contribution in [0, 0.1) is 23.2 Å². The van der Waals surface area contributed by atoms with Gasteiger partial charge in [-0.3, -0.25) is 4.79 Å². The highest BCUT2D eigenvalue weighted by Gasteiger charge is 2.59. The maximum Gasteiger partial charge on any atom is 0.133 e. The van der Waals surface area contributed by atoms with Gasteiger partial charge in [0.05, 0.1) is 7.11 Å². The Kier molecular flexibility index (Phi) is 3.15. The van der Waals surface area contributed by atoms with Gasteiger partial charge in [0, 0.05) is 5.92 Å². The van der Waals surface area contributed by atoms with Crippen LogP contribution in [0.4, 0.5) is 0 Å². The highest BCUT2D eigenvalue weighted by Crippen LogP contribution is 2.66. The van der Waals surface area contributed by atoms with Crippen molar-refractivity contribution < 1.29 is 9.53 Å². The Bertz CT molecular complexity index is 620. The normalized spacial score (nSPS) is 39.0. The van der Waals surface area contributed by atoms with Crippen LogP contribution in [0.25, 0.3) is 0 Å². The Labute approximate surface area is 133 Å². The summed E-state index contributed by atoms with van der Waals surface area (Å²) in [7, 11) is 1.75. The topological polar surface area (TPSA) is 26.3 Å². The van der Waals surface area contributed by atoms with Gasteiger partial charge in [0.1, 0.15) is 11.5 Å². The number of carbonyl (C=O) groups excluding carboxylic acids is 1. The molecule has 2 heteroatoms. The van der Waals surface area contributed by atoms with Crippen LogP contribution < -0.4 is 4.74 Å². The van der Waals surface area contributed by atoms with Crippen LogP contribution in [-0.4, -0.2) is 12.9 Å². The van der Waals surface area contributed by atoms with Gasteiger partial charge in [-0.05, 0) is 85.5 Å². The van der Waals surface area contributed by atoms with E-state index in [1.807, 2.05) is 0 Å². The number of Topliss-reactive ketones (excluding diaryl/α,β-unsaturated/α-hetero) is 1. The van der Waals surface area contributed by atoms with Crippen LogP contribution in [-0.2, 0) is 11.2 Å². The molecule has 1 aromatic rings. The first kappa shape index (κ1) is 14.3. The zero-order valence-electron chi connectivity index (χ0n) is 13.9. The average molecular weight is 298 g/mol. The first-order valence-corrected chi connectivity index (χ1v) is 8.72. The molecule has 0 aromatic heterocycles. The number of ether oxygens (including phenoxy) is 1. The SMILES string of the molecule is COc1ccc2c(c1)CC[C@@H]1[C@@H]2CC[C@]2(C)[C@@H](C(C)=O)C[C@@H]12. The fourth-order valence-electron chi connectivity index (χ4n) is 5.90. The molecule has 3 aliphatic carbocycles. The minimum atomic E-state index is 0.289. The lowest BCUT2D eigenvalue weighted by molar-refractivity contribution is -0.153. The summed E-state index contributed by atoms with van der Waals surface area (Å²) in [6.45, 7) is 4.17. The van der Waals surface area contributed by atoms with Gasteiger partial charge in [-0.25, -0.2) is 0 Å². The molecule has 0 amide bonds. The second-order valence-corrected chi connectivity index (χ2v) is 7.92. The van der Waals surface area contributed by atoms with Crippen molar-refractivity contribution in [1.29, 1.82) is 0 Å². The average Bonchev–Trinajstić information content (AvgIpc) is 2.50. The summed E-state index contributed by atoms with van der Waals surface area (Å²) in [5.74, 6) is 3.98. The van der Waals surface area contributed by atoms with Crippen LogP contribution in [0.15, 0.2) is 18.2 Å². The van der Waals surface area contributed by atoms with Crippen molar-refractivity contribution in [2.24, 2.45) is 23.2 Å². The molecule has 22 heavy (non-hydrogen) atoms. The molecule has 0 aliphatic heterocycles. The molecule has 5 atom stereocenters. The minimum absolute atomic E-state index is 0.289. The van der Waals surface area contributed by atoms with Gasteiger partial charge in [0.15, 0.2) is 0 Å². The molecule has 0 heterocycles. The first-order chi connectivity index (χ1) is 10.5. The summed E-state index contributed by atoms with van der Waals surface area (Å²) in [5.41, 5.74) is 3.34. The summed E-state index contributed by atoms with van der Waals surface area (Å²) in [4.78, 5) is 11.9. The van der Waals surface area contributed by atoms with Crippen molar-refractivity contribution in [3.63, 3.8) is 0 Å². The van der Waals surface area contributed by atoms with Crippen molar-refractivity contribution in [2.45, 2.75) is 51.9 Å². The number of hydrogen-bond acceptors (Lipinski definition) is 2. The van der Waals surface area contributed by atoms with Crippen molar-refractivity contribution in [2.75, 3.05) is 7.11 Å². The molecule has 0 spiro atoms. The van der Waals surface area contributed by atoms with Gasteiger partial charge in [0.25, 0.3) is 0 Å². The van der Waals surface area contributed by atoms with Crippen LogP contribution in [0.2, 0.25) is 0 Å². The molecule has 0 radical (unpaired) electrons. The van der Waals surface area contributed by atoms with Crippen molar-refractivity contribution in [1.82, 2.24) is 0 Å². The number of aryl methyl sites for hydroxylation is 1. The zero-order valence-corrected chi connectivity index (χ0v) is 13.9. The lowest BCUT2D eigenvalue weighted by Crippen LogP contribution is -2.57. The summed E-state index contributed by atoms with van der Waals surface area (Å²) in [5, 5.41) is 0. The lowest BCUT2D eigenvalue weighted by atomic mass is 9.41. The summed E-state index contributed by atoms with van der Waals surface area (Å²) in [6, 6.07) is 6.65. The van der Waals surface area contributed by atoms with Gasteiger partial charge in [-0.1, -0.05) is 13.0 Å². The Morgan fingerprint density at radius 2 is 2.14 bits per heavy atom. The Morgan fingerprint density at radius 3 is 2.86 bits per heavy atom. The lowest BCUT2D eigenvalue weighted by Gasteiger charge is -2.62. The highest BCUT2D eigenvalue weighted by atomic mass is 16.5. The molecule has 4 rings (SSSR count). The molecule has 118 valence electrons. The fraction of sp³-hybridized carbons (Fsp3) is 0.650. The molecule has 1 aromatic carbocycles. The molecular formula is C20H26O2. The molecule has 0 N–H and O–H groups in total. The van der Waals surface area contributed by atoms with E-state index in [9.17, 15) is 4.79 Å². The maximum absolute atomic E-state index is 11.9. The van der Waals surface area contributed by atoms with Crippen molar-refractivity contribution >= 4 is 5.78 Å². The third-order valence-corrected chi connectivity index (χ3v) is 7.15. The quantitative estimate of drug-likeness (QED) is 0.810. The molecule has 0 bridgehead atoms. The predicted octanol–water partition coefficient (Wildman–Crippen LogP) is 4.37. The van der Waals surface area contributed by atoms with Crippen molar-refractivity contribution in [3.05, 3.63) is 29.3 Å². The first-order valence-electron chi connectivity index (χ1n) is 8.72. The van der Waals surface area contributed by atoms with E-state index < -0.39 is 0 Å². The van der Waals surface area contributed by atoms with E-state index in [1.54, 1.807) is 19.6 Å². The number of rotatable bonds is 2. The molecule has 2 fully saturated rings. The van der Waals surface area contributed by atoms with Gasteiger partial charge < -0.3 is 4.74 Å². The van der Waals surface area contributed by atoms with E-state index in [0.717, 1.165) is 24.0 Å². The monoisotopic (exact) mass is 298 g/mol. The standard InChI is InChI=1S/C20H26O2/c1-12(21)18-11-19-17-6-4-13-10-14(22-3)5-7-15(13)16(17)8-9-20(18,19)2/h5,7,10,16-19H,4,6,8-9,11H2,1-3H3/t16-,17-,18-,19+,20-/m1/s1. The Balaban J connectivity index is 1.63. The molecular weight excluding hydrogens is 272 g/mol. The van der Waals surface area contributed by atoms with Crippen LogP contribution in [0.1, 0.15) is 56.6 Å². The fourth-order valence-corrected chi connectivity index (χ4v) is 5.90. The summed E-state index contributed by atoms with van der Waals surface area (Å²) >= 11 is 0. The second kappa shape index (κ2) is 4.84. The molecule has 2 saturated carbocycles. The third kappa shape index (κ3) is 1.82. The number of fused-ring (bicyclic) bond motifs is 5. The molecule has 0 saturated heterocycles. The minimum Gasteiger partial charge on any atom is -0.497 e. The molecule has 2 nitrogen and oxygen atoms in total. The highest BCUT2D eigenvalue weighted by molar-refractivity contribution is 5.80. The van der Waals surface area contributed by atoms with E-state index in [4.69, 9.17) is 4.74 Å². The van der Waals surface area contributed by atoms with Crippen LogP contribution in [0.5, 0.6) is 5.75 Å². The smallest absolute Gasteiger partial charge is 0.133 e. The third-order valence-electron chi connectivity index (χ3n) is 7.15. The molecule has 0 unspecified atom stereocenters. The predicted molar refractivity (Wildman–Crippen MR) is 87.2 cm³/mol. The number of benzene rings is 1. The van der Waals surface area contributed by atoms with Gasteiger partial charge in [0.2, 0.25) is 0 Å². The number of hydrogen-bond donors (Lipinski definition) is 0. The van der Waals surface area contributed by atoms with Gasteiger partial charge in [-0.2, -0.15) is 0 Å². The van der Waals surface area contributed by atoms with E-state index in [2.05, 4.69) is 25.1 Å². The summed E-state index contributed by atoms with van der Waals surface area (Å²) in [6.07, 6.45) is 6.06. The van der Waals surface area contributed by atoms with Crippen LogP contribution in [0.3, 0.4) is 0 Å². The second-order valence-electron chi connectivity index (χ2n) is 7.92. The summed E-state index contributed by atoms with van der Waals surface area (Å²) < 4.78 is 5.38. The maximum atomic E-state index is 11.9. The van der Waals surface area contributed by atoms with Gasteiger partial charge in [-0.15, -0.1) is 0 Å². The van der Waals surface area contributed by atoms with E-state index in [1.165, 1.54) is 31.2 Å². The number of carbonyl (C=O) groups is 1. The largest absolute Gasteiger partial charge is 0.497 e.